The maximum atomic E-state index is 12.0. The van der Waals surface area contributed by atoms with Gasteiger partial charge in [0.2, 0.25) is 0 Å². The van der Waals surface area contributed by atoms with Crippen LogP contribution in [0.2, 0.25) is 5.15 Å². The molecule has 0 unspecified atom stereocenters. The highest BCUT2D eigenvalue weighted by molar-refractivity contribution is 6.29. The van der Waals surface area contributed by atoms with Gasteiger partial charge in [-0.15, -0.1) is 0 Å². The number of carbonyl (C=O) groups excluding carboxylic acids is 1. The fourth-order valence-electron chi connectivity index (χ4n) is 2.63. The Kier molecular flexibility index (Phi) is 6.44. The van der Waals surface area contributed by atoms with Crippen molar-refractivity contribution in [1.29, 1.82) is 0 Å². The quantitative estimate of drug-likeness (QED) is 0.746. The molecule has 27 heavy (non-hydrogen) atoms. The molecule has 1 amide bonds. The monoisotopic (exact) mass is 390 g/mol. The normalized spacial score (nSPS) is 12.3. The number of carboxylic acid groups (broad SMARTS) is 1. The van der Waals surface area contributed by atoms with E-state index >= 15 is 0 Å². The number of rotatable bonds is 5. The summed E-state index contributed by atoms with van der Waals surface area (Å²) in [7, 11) is 0. The number of halogens is 1. The van der Waals surface area contributed by atoms with Crippen molar-refractivity contribution in [2.24, 2.45) is 0 Å². The number of aromatic nitrogens is 1. The van der Waals surface area contributed by atoms with Crippen LogP contribution in [0.25, 0.3) is 11.1 Å². The van der Waals surface area contributed by atoms with E-state index in [1.54, 1.807) is 33.0 Å². The van der Waals surface area contributed by atoms with E-state index in [1.807, 2.05) is 31.2 Å². The zero-order valence-electron chi connectivity index (χ0n) is 15.7. The molecule has 0 saturated carbocycles. The van der Waals surface area contributed by atoms with Crippen LogP contribution in [0.4, 0.5) is 4.79 Å². The summed E-state index contributed by atoms with van der Waals surface area (Å²) in [6, 6.07) is 8.03. The van der Waals surface area contributed by atoms with Crippen LogP contribution in [-0.2, 0) is 16.0 Å². The van der Waals surface area contributed by atoms with Crippen LogP contribution in [0.15, 0.2) is 36.5 Å². The summed E-state index contributed by atoms with van der Waals surface area (Å²) in [6.45, 7) is 7.06. The van der Waals surface area contributed by atoms with E-state index in [4.69, 9.17) is 16.3 Å². The van der Waals surface area contributed by atoms with Gasteiger partial charge in [0.25, 0.3) is 0 Å². The van der Waals surface area contributed by atoms with E-state index in [0.717, 1.165) is 22.3 Å². The molecular weight excluding hydrogens is 368 g/mol. The molecule has 2 rings (SSSR count). The zero-order valence-corrected chi connectivity index (χ0v) is 16.5. The summed E-state index contributed by atoms with van der Waals surface area (Å²) in [4.78, 5) is 27.8. The van der Waals surface area contributed by atoms with E-state index in [1.165, 1.54) is 0 Å². The zero-order chi connectivity index (χ0) is 20.2. The minimum absolute atomic E-state index is 0.104. The Bertz CT molecular complexity index is 846. The Morgan fingerprint density at radius 1 is 1.26 bits per heavy atom. The SMILES string of the molecule is Cc1cc(Cl)ncc1-c1ccccc1C[C@H](NC(=O)OC(C)(C)C)C(=O)O. The number of carbonyl (C=O) groups is 2. The number of hydrogen-bond donors (Lipinski definition) is 2. The van der Waals surface area contributed by atoms with E-state index < -0.39 is 23.7 Å². The molecule has 1 atom stereocenters. The molecule has 0 radical (unpaired) electrons. The second kappa shape index (κ2) is 8.39. The van der Waals surface area contributed by atoms with Crippen molar-refractivity contribution in [1.82, 2.24) is 10.3 Å². The third-order valence-corrected chi connectivity index (χ3v) is 4.00. The molecule has 0 aliphatic heterocycles. The number of aryl methyl sites for hydroxylation is 1. The molecule has 0 fully saturated rings. The van der Waals surface area contributed by atoms with Crippen LogP contribution < -0.4 is 5.32 Å². The number of benzene rings is 1. The molecule has 1 aromatic heterocycles. The van der Waals surface area contributed by atoms with Crippen molar-refractivity contribution < 1.29 is 19.4 Å². The average molecular weight is 391 g/mol. The maximum Gasteiger partial charge on any atom is 0.408 e. The van der Waals surface area contributed by atoms with Gasteiger partial charge in [-0.2, -0.15) is 0 Å². The third kappa shape index (κ3) is 5.96. The van der Waals surface area contributed by atoms with Gasteiger partial charge < -0.3 is 15.2 Å². The lowest BCUT2D eigenvalue weighted by Gasteiger charge is -2.22. The molecule has 2 N–H and O–H groups in total. The van der Waals surface area contributed by atoms with Gasteiger partial charge in [-0.25, -0.2) is 14.6 Å². The molecule has 7 heteroatoms. The topological polar surface area (TPSA) is 88.5 Å². The van der Waals surface area contributed by atoms with Crippen molar-refractivity contribution in [3.63, 3.8) is 0 Å². The molecule has 0 bridgehead atoms. The molecule has 144 valence electrons. The van der Waals surface area contributed by atoms with Gasteiger partial charge in [0.05, 0.1) is 0 Å². The van der Waals surface area contributed by atoms with Crippen LogP contribution >= 0.6 is 11.6 Å². The van der Waals surface area contributed by atoms with Crippen molar-refractivity contribution in [3.05, 3.63) is 52.8 Å². The average Bonchev–Trinajstić information content (AvgIpc) is 2.53. The van der Waals surface area contributed by atoms with Crippen molar-refractivity contribution >= 4 is 23.7 Å². The number of pyridine rings is 1. The van der Waals surface area contributed by atoms with E-state index in [-0.39, 0.29) is 6.42 Å². The Labute approximate surface area is 163 Å². The lowest BCUT2D eigenvalue weighted by atomic mass is 9.94. The summed E-state index contributed by atoms with van der Waals surface area (Å²) < 4.78 is 5.17. The molecule has 1 aromatic carbocycles. The van der Waals surface area contributed by atoms with Crippen LogP contribution in [0.5, 0.6) is 0 Å². The first-order valence-electron chi connectivity index (χ1n) is 8.49. The van der Waals surface area contributed by atoms with E-state index in [9.17, 15) is 14.7 Å². The molecule has 0 aliphatic carbocycles. The Morgan fingerprint density at radius 2 is 1.93 bits per heavy atom. The van der Waals surface area contributed by atoms with Crippen molar-refractivity contribution in [2.45, 2.75) is 45.8 Å². The van der Waals surface area contributed by atoms with Gasteiger partial charge in [0, 0.05) is 18.2 Å². The molecular formula is C20H23ClN2O4. The number of amides is 1. The summed E-state index contributed by atoms with van der Waals surface area (Å²) >= 11 is 5.93. The van der Waals surface area contributed by atoms with Gasteiger partial charge in [-0.1, -0.05) is 35.9 Å². The molecule has 6 nitrogen and oxygen atoms in total. The fourth-order valence-corrected chi connectivity index (χ4v) is 2.85. The second-order valence-corrected chi connectivity index (χ2v) is 7.61. The predicted molar refractivity (Wildman–Crippen MR) is 104 cm³/mol. The van der Waals surface area contributed by atoms with Crippen LogP contribution in [0.1, 0.15) is 31.9 Å². The molecule has 0 saturated heterocycles. The number of nitrogens with zero attached hydrogens (tertiary/aromatic N) is 1. The number of alkyl carbamates (subject to hydrolysis) is 1. The summed E-state index contributed by atoms with van der Waals surface area (Å²) in [5, 5.41) is 12.4. The van der Waals surface area contributed by atoms with Crippen LogP contribution in [0, 0.1) is 6.92 Å². The van der Waals surface area contributed by atoms with E-state index in [0.29, 0.717) is 5.15 Å². The predicted octanol–water partition coefficient (Wildman–Crippen LogP) is 4.23. The molecule has 1 heterocycles. The number of carboxylic acids is 1. The lowest BCUT2D eigenvalue weighted by molar-refractivity contribution is -0.139. The maximum absolute atomic E-state index is 12.0. The highest BCUT2D eigenvalue weighted by Gasteiger charge is 2.25. The second-order valence-electron chi connectivity index (χ2n) is 7.22. The van der Waals surface area contributed by atoms with Gasteiger partial charge in [0.15, 0.2) is 0 Å². The number of nitrogens with one attached hydrogen (secondary N) is 1. The van der Waals surface area contributed by atoms with Gasteiger partial charge in [-0.3, -0.25) is 0 Å². The van der Waals surface area contributed by atoms with Crippen LogP contribution in [0.3, 0.4) is 0 Å². The first-order valence-corrected chi connectivity index (χ1v) is 8.87. The fraction of sp³-hybridized carbons (Fsp3) is 0.350. The number of hydrogen-bond acceptors (Lipinski definition) is 4. The number of aliphatic carboxylic acids is 1. The Morgan fingerprint density at radius 3 is 2.52 bits per heavy atom. The standard InChI is InChI=1S/C20H23ClN2O4/c1-12-9-17(21)22-11-15(12)14-8-6-5-7-13(14)10-16(18(24)25)23-19(26)27-20(2,3)4/h5-9,11,16H,10H2,1-4H3,(H,23,26)(H,24,25)/t16-/m0/s1. The largest absolute Gasteiger partial charge is 0.480 e. The van der Waals surface area contributed by atoms with Gasteiger partial charge in [-0.05, 0) is 50.5 Å². The molecule has 0 aliphatic rings. The highest BCUT2D eigenvalue weighted by atomic mass is 35.5. The summed E-state index contributed by atoms with van der Waals surface area (Å²) in [6.07, 6.45) is 0.997. The van der Waals surface area contributed by atoms with Gasteiger partial charge in [0.1, 0.15) is 16.8 Å². The smallest absolute Gasteiger partial charge is 0.408 e. The highest BCUT2D eigenvalue weighted by Crippen LogP contribution is 2.28. The third-order valence-electron chi connectivity index (χ3n) is 3.80. The van der Waals surface area contributed by atoms with Crippen LogP contribution in [-0.4, -0.2) is 33.8 Å². The molecule has 0 spiro atoms. The minimum atomic E-state index is -1.14. The summed E-state index contributed by atoms with van der Waals surface area (Å²) in [5.74, 6) is -1.14. The van der Waals surface area contributed by atoms with Crippen molar-refractivity contribution in [3.8, 4) is 11.1 Å². The molecule has 2 aromatic rings. The first kappa shape index (κ1) is 20.7. The number of ether oxygens (including phenoxy) is 1. The van der Waals surface area contributed by atoms with Gasteiger partial charge >= 0.3 is 12.1 Å². The van der Waals surface area contributed by atoms with E-state index in [2.05, 4.69) is 10.3 Å². The minimum Gasteiger partial charge on any atom is -0.480 e. The van der Waals surface area contributed by atoms with Crippen molar-refractivity contribution in [2.75, 3.05) is 0 Å². The lowest BCUT2D eigenvalue weighted by Crippen LogP contribution is -2.44. The Hall–Kier alpha value is -2.60. The summed E-state index contributed by atoms with van der Waals surface area (Å²) in [5.41, 5.74) is 2.69. The first-order chi connectivity index (χ1) is 12.6. The Balaban J connectivity index is 2.29.